The first-order chi connectivity index (χ1) is 16.3. The Balaban J connectivity index is 1.23. The summed E-state index contributed by atoms with van der Waals surface area (Å²) in [6.45, 7) is 6.45. The molecule has 0 saturated carbocycles. The van der Waals surface area contributed by atoms with Gasteiger partial charge in [-0.05, 0) is 50.2 Å². The van der Waals surface area contributed by atoms with Crippen molar-refractivity contribution in [3.05, 3.63) is 54.6 Å². The molecule has 2 aliphatic heterocycles. The van der Waals surface area contributed by atoms with E-state index in [1.807, 2.05) is 49.1 Å². The highest BCUT2D eigenvalue weighted by molar-refractivity contribution is 7.86. The van der Waals surface area contributed by atoms with Crippen LogP contribution in [0.2, 0.25) is 0 Å². The summed E-state index contributed by atoms with van der Waals surface area (Å²) in [5.41, 5.74) is 0.683. The molecule has 0 aromatic heterocycles. The van der Waals surface area contributed by atoms with Gasteiger partial charge in [-0.2, -0.15) is 17.0 Å². The van der Waals surface area contributed by atoms with Gasteiger partial charge in [0.1, 0.15) is 11.5 Å². The molecule has 2 atom stereocenters. The van der Waals surface area contributed by atoms with Crippen LogP contribution in [0.4, 0.5) is 5.69 Å². The Labute approximate surface area is 201 Å². The topological polar surface area (TPSA) is 91.4 Å². The number of benzene rings is 2. The Morgan fingerprint density at radius 1 is 0.912 bits per heavy atom. The lowest BCUT2D eigenvalue weighted by Crippen LogP contribution is -2.57. The van der Waals surface area contributed by atoms with Crippen LogP contribution in [0.15, 0.2) is 54.6 Å². The molecule has 0 bridgehead atoms. The summed E-state index contributed by atoms with van der Waals surface area (Å²) in [5, 5.41) is 2.89. The third-order valence-electron chi connectivity index (χ3n) is 5.85. The van der Waals surface area contributed by atoms with Gasteiger partial charge in [-0.15, -0.1) is 0 Å². The fourth-order valence-corrected chi connectivity index (χ4v) is 5.98. The zero-order valence-corrected chi connectivity index (χ0v) is 20.4. The second-order valence-electron chi connectivity index (χ2n) is 8.74. The van der Waals surface area contributed by atoms with Crippen LogP contribution in [-0.4, -0.2) is 85.9 Å². The van der Waals surface area contributed by atoms with E-state index in [1.54, 1.807) is 24.3 Å². The maximum absolute atomic E-state index is 13.0. The minimum Gasteiger partial charge on any atom is -0.457 e. The van der Waals surface area contributed by atoms with Gasteiger partial charge in [0.25, 0.3) is 10.2 Å². The number of rotatable bonds is 7. The average molecular weight is 489 g/mol. The number of hydrogen-bond acceptors (Lipinski definition) is 6. The molecule has 184 valence electrons. The van der Waals surface area contributed by atoms with Gasteiger partial charge in [0, 0.05) is 45.0 Å². The van der Waals surface area contributed by atoms with Crippen LogP contribution < -0.4 is 10.1 Å². The quantitative estimate of drug-likeness (QED) is 0.644. The van der Waals surface area contributed by atoms with Crippen LogP contribution in [0, 0.1) is 0 Å². The number of nitrogens with zero attached hydrogens (tertiary/aromatic N) is 3. The van der Waals surface area contributed by atoms with E-state index in [2.05, 4.69) is 5.32 Å². The van der Waals surface area contributed by atoms with Gasteiger partial charge in [-0.25, -0.2) is 0 Å². The van der Waals surface area contributed by atoms with Crippen molar-refractivity contribution in [2.75, 3.05) is 51.1 Å². The van der Waals surface area contributed by atoms with Crippen molar-refractivity contribution >= 4 is 21.8 Å². The summed E-state index contributed by atoms with van der Waals surface area (Å²) < 4.78 is 40.5. The van der Waals surface area contributed by atoms with Gasteiger partial charge in [-0.1, -0.05) is 18.2 Å². The molecule has 2 saturated heterocycles. The minimum absolute atomic E-state index is 0.123. The summed E-state index contributed by atoms with van der Waals surface area (Å²) in [4.78, 5) is 14.5. The molecular weight excluding hydrogens is 456 g/mol. The molecule has 2 heterocycles. The molecular formula is C24H32N4O5S. The number of anilines is 1. The van der Waals surface area contributed by atoms with Gasteiger partial charge in [-0.3, -0.25) is 9.69 Å². The number of morpholine rings is 1. The lowest BCUT2D eigenvalue weighted by Gasteiger charge is -2.40. The summed E-state index contributed by atoms with van der Waals surface area (Å²) in [6, 6.07) is 16.7. The maximum Gasteiger partial charge on any atom is 0.282 e. The Hall–Kier alpha value is -2.50. The van der Waals surface area contributed by atoms with Gasteiger partial charge in [0.15, 0.2) is 0 Å². The molecule has 1 amide bonds. The Kier molecular flexibility index (Phi) is 7.84. The first kappa shape index (κ1) is 24.6. The molecule has 0 spiro atoms. The number of piperazine rings is 1. The first-order valence-electron chi connectivity index (χ1n) is 11.6. The molecule has 4 rings (SSSR count). The van der Waals surface area contributed by atoms with Crippen molar-refractivity contribution in [1.82, 2.24) is 13.5 Å². The third-order valence-corrected chi connectivity index (χ3v) is 7.82. The number of amides is 1. The fraction of sp³-hybridized carbons (Fsp3) is 0.458. The highest BCUT2D eigenvalue weighted by Gasteiger charge is 2.36. The van der Waals surface area contributed by atoms with E-state index in [0.717, 1.165) is 5.75 Å². The minimum atomic E-state index is -3.53. The molecule has 0 radical (unpaired) electrons. The zero-order valence-electron chi connectivity index (χ0n) is 19.6. The Morgan fingerprint density at radius 2 is 1.50 bits per heavy atom. The normalized spacial score (nSPS) is 22.9. The molecule has 2 aliphatic rings. The molecule has 2 fully saturated rings. The van der Waals surface area contributed by atoms with E-state index in [0.29, 0.717) is 50.7 Å². The monoisotopic (exact) mass is 488 g/mol. The van der Waals surface area contributed by atoms with Crippen molar-refractivity contribution in [2.24, 2.45) is 0 Å². The molecule has 2 aromatic rings. The summed E-state index contributed by atoms with van der Waals surface area (Å²) in [7, 11) is -3.53. The van der Waals surface area contributed by atoms with Crippen LogP contribution in [0.25, 0.3) is 0 Å². The van der Waals surface area contributed by atoms with E-state index < -0.39 is 10.2 Å². The van der Waals surface area contributed by atoms with Crippen LogP contribution in [0.1, 0.15) is 13.8 Å². The number of ether oxygens (including phenoxy) is 2. The highest BCUT2D eigenvalue weighted by atomic mass is 32.2. The number of carbonyl (C=O) groups excluding carboxylic acids is 1. The van der Waals surface area contributed by atoms with E-state index >= 15 is 0 Å². The van der Waals surface area contributed by atoms with E-state index in [-0.39, 0.29) is 24.7 Å². The second-order valence-corrected chi connectivity index (χ2v) is 10.7. The fourth-order valence-electron chi connectivity index (χ4n) is 4.24. The largest absolute Gasteiger partial charge is 0.457 e. The Bertz CT molecular complexity index is 1050. The molecule has 1 N–H and O–H groups in total. The van der Waals surface area contributed by atoms with Gasteiger partial charge in [0.2, 0.25) is 5.91 Å². The van der Waals surface area contributed by atoms with Crippen molar-refractivity contribution in [3.63, 3.8) is 0 Å². The van der Waals surface area contributed by atoms with Gasteiger partial charge in [0.05, 0.1) is 18.8 Å². The van der Waals surface area contributed by atoms with E-state index in [4.69, 9.17) is 9.47 Å². The van der Waals surface area contributed by atoms with E-state index in [1.165, 1.54) is 8.61 Å². The first-order valence-corrected chi connectivity index (χ1v) is 12.9. The Morgan fingerprint density at radius 3 is 2.12 bits per heavy atom. The lowest BCUT2D eigenvalue weighted by atomic mass is 10.3. The van der Waals surface area contributed by atoms with E-state index in [9.17, 15) is 13.2 Å². The van der Waals surface area contributed by atoms with Gasteiger partial charge >= 0.3 is 0 Å². The molecule has 0 aliphatic carbocycles. The lowest BCUT2D eigenvalue weighted by molar-refractivity contribution is -0.117. The van der Waals surface area contributed by atoms with Crippen molar-refractivity contribution in [2.45, 2.75) is 26.1 Å². The van der Waals surface area contributed by atoms with Crippen LogP contribution in [0.5, 0.6) is 11.5 Å². The SMILES string of the molecule is CC1CN(S(=O)(=O)N2CCN(CC(=O)Nc3ccc(Oc4ccccc4)cc3)CC2)CC(C)O1. The molecule has 34 heavy (non-hydrogen) atoms. The third kappa shape index (κ3) is 6.34. The van der Waals surface area contributed by atoms with Crippen molar-refractivity contribution < 1.29 is 22.7 Å². The molecule has 2 aromatic carbocycles. The summed E-state index contributed by atoms with van der Waals surface area (Å²) in [5.74, 6) is 1.30. The predicted octanol–water partition coefficient (Wildman–Crippen LogP) is 2.39. The highest BCUT2D eigenvalue weighted by Crippen LogP contribution is 2.23. The smallest absolute Gasteiger partial charge is 0.282 e. The molecule has 2 unspecified atom stereocenters. The van der Waals surface area contributed by atoms with Crippen molar-refractivity contribution in [1.29, 1.82) is 0 Å². The zero-order chi connectivity index (χ0) is 24.1. The number of para-hydroxylation sites is 1. The van der Waals surface area contributed by atoms with Crippen LogP contribution >= 0.6 is 0 Å². The maximum atomic E-state index is 13.0. The standard InChI is InChI=1S/C24H32N4O5S/c1-19-16-28(17-20(2)32-19)34(30,31)27-14-12-26(13-15-27)18-24(29)25-21-8-10-23(11-9-21)33-22-6-4-3-5-7-22/h3-11,19-20H,12-18H2,1-2H3,(H,25,29). The predicted molar refractivity (Wildman–Crippen MR) is 130 cm³/mol. The van der Waals surface area contributed by atoms with Crippen LogP contribution in [0.3, 0.4) is 0 Å². The van der Waals surface area contributed by atoms with Gasteiger partial charge < -0.3 is 14.8 Å². The molecule has 9 nitrogen and oxygen atoms in total. The number of nitrogens with one attached hydrogen (secondary N) is 1. The molecule has 10 heteroatoms. The van der Waals surface area contributed by atoms with Crippen LogP contribution in [-0.2, 0) is 19.7 Å². The number of carbonyl (C=O) groups is 1. The second kappa shape index (κ2) is 10.8. The number of hydrogen-bond donors (Lipinski definition) is 1. The average Bonchev–Trinajstić information content (AvgIpc) is 2.81. The summed E-state index contributed by atoms with van der Waals surface area (Å²) in [6.07, 6.45) is -0.245. The summed E-state index contributed by atoms with van der Waals surface area (Å²) >= 11 is 0. The van der Waals surface area contributed by atoms with Crippen molar-refractivity contribution in [3.8, 4) is 11.5 Å².